The van der Waals surface area contributed by atoms with Crippen LogP contribution in [0.5, 0.6) is 0 Å². The highest BCUT2D eigenvalue weighted by atomic mass is 35.5. The SMILES string of the molecule is CCCN(C=O)N(C)/C(C)=C(\C)NC(=O)c1noc(-c2ccc(Cl)cc2Cl)c1C#N. The molecule has 0 radical (unpaired) electrons. The predicted octanol–water partition coefficient (Wildman–Crippen LogP) is 4.22. The van der Waals surface area contributed by atoms with Crippen molar-refractivity contribution in [2.24, 2.45) is 0 Å². The van der Waals surface area contributed by atoms with Gasteiger partial charge in [0.05, 0.1) is 10.7 Å². The Morgan fingerprint density at radius 1 is 1.37 bits per heavy atom. The summed E-state index contributed by atoms with van der Waals surface area (Å²) < 4.78 is 5.25. The minimum Gasteiger partial charge on any atom is -0.354 e. The third-order valence-corrected chi connectivity index (χ3v) is 5.03. The van der Waals surface area contributed by atoms with E-state index in [4.69, 9.17) is 27.7 Å². The number of halogens is 2. The number of aromatic nitrogens is 1. The lowest BCUT2D eigenvalue weighted by Crippen LogP contribution is -2.39. The average Bonchev–Trinajstić information content (AvgIpc) is 3.14. The molecule has 0 spiro atoms. The standard InChI is InChI=1S/C20H21Cl2N5O3/c1-5-8-27(11-28)26(4)13(3)12(2)24-20(29)18-16(10-23)19(30-25-18)15-7-6-14(21)9-17(15)22/h6-7,9,11H,5,8H2,1-4H3,(H,24,29)/b13-12+. The normalized spacial score (nSPS) is 11.4. The van der Waals surface area contributed by atoms with Crippen LogP contribution in [0.1, 0.15) is 43.2 Å². The molecule has 2 amide bonds. The van der Waals surface area contributed by atoms with Crippen LogP contribution in [0, 0.1) is 11.3 Å². The number of rotatable bonds is 8. The van der Waals surface area contributed by atoms with Gasteiger partial charge in [-0.25, -0.2) is 0 Å². The van der Waals surface area contributed by atoms with Crippen molar-refractivity contribution in [2.75, 3.05) is 13.6 Å². The van der Waals surface area contributed by atoms with Gasteiger partial charge in [0.15, 0.2) is 11.5 Å². The monoisotopic (exact) mass is 449 g/mol. The van der Waals surface area contributed by atoms with Gasteiger partial charge in [0.2, 0.25) is 6.41 Å². The quantitative estimate of drug-likeness (QED) is 0.477. The zero-order valence-corrected chi connectivity index (χ0v) is 18.5. The molecule has 2 rings (SSSR count). The Hall–Kier alpha value is -3.02. The van der Waals surface area contributed by atoms with Crippen molar-refractivity contribution in [1.29, 1.82) is 5.26 Å². The molecule has 0 atom stereocenters. The van der Waals surface area contributed by atoms with E-state index in [9.17, 15) is 14.9 Å². The van der Waals surface area contributed by atoms with Crippen LogP contribution >= 0.6 is 23.2 Å². The number of hydrazine groups is 1. The zero-order chi connectivity index (χ0) is 22.4. The molecule has 0 unspecified atom stereocenters. The molecule has 1 aromatic heterocycles. The molecule has 0 aliphatic rings. The van der Waals surface area contributed by atoms with Crippen molar-refractivity contribution in [3.63, 3.8) is 0 Å². The maximum absolute atomic E-state index is 12.7. The Labute approximate surface area is 184 Å². The fourth-order valence-electron chi connectivity index (χ4n) is 2.66. The van der Waals surface area contributed by atoms with E-state index in [1.54, 1.807) is 38.0 Å². The molecular formula is C20H21Cl2N5O3. The van der Waals surface area contributed by atoms with Crippen molar-refractivity contribution in [1.82, 2.24) is 20.5 Å². The number of hydrogen-bond acceptors (Lipinski definition) is 6. The predicted molar refractivity (Wildman–Crippen MR) is 113 cm³/mol. The van der Waals surface area contributed by atoms with E-state index in [-0.39, 0.29) is 22.0 Å². The van der Waals surface area contributed by atoms with Crippen molar-refractivity contribution in [2.45, 2.75) is 27.2 Å². The van der Waals surface area contributed by atoms with Crippen LogP contribution in [0.2, 0.25) is 10.0 Å². The van der Waals surface area contributed by atoms with Gasteiger partial charge in [-0.1, -0.05) is 35.3 Å². The summed E-state index contributed by atoms with van der Waals surface area (Å²) in [4.78, 5) is 24.0. The summed E-state index contributed by atoms with van der Waals surface area (Å²) in [7, 11) is 1.71. The number of nitrogens with zero attached hydrogens (tertiary/aromatic N) is 4. The van der Waals surface area contributed by atoms with Gasteiger partial charge < -0.3 is 9.84 Å². The molecule has 0 saturated carbocycles. The first kappa shape index (κ1) is 23.3. The van der Waals surface area contributed by atoms with E-state index >= 15 is 0 Å². The Morgan fingerprint density at radius 2 is 2.07 bits per heavy atom. The number of amides is 2. The second-order valence-corrected chi connectivity index (χ2v) is 7.27. The number of benzene rings is 1. The minimum absolute atomic E-state index is 0.0453. The number of allylic oxidation sites excluding steroid dienone is 2. The first-order valence-electron chi connectivity index (χ1n) is 9.04. The van der Waals surface area contributed by atoms with Crippen LogP contribution in [0.4, 0.5) is 0 Å². The van der Waals surface area contributed by atoms with Crippen LogP contribution in [0.25, 0.3) is 11.3 Å². The molecule has 0 aliphatic heterocycles. The van der Waals surface area contributed by atoms with Gasteiger partial charge in [-0.05, 0) is 38.5 Å². The first-order chi connectivity index (χ1) is 14.2. The maximum atomic E-state index is 12.7. The van der Waals surface area contributed by atoms with Crippen LogP contribution < -0.4 is 5.32 Å². The largest absolute Gasteiger partial charge is 0.354 e. The number of carbonyl (C=O) groups excluding carboxylic acids is 2. The topological polar surface area (TPSA) is 102 Å². The fraction of sp³-hybridized carbons (Fsp3) is 0.300. The van der Waals surface area contributed by atoms with Gasteiger partial charge in [0.1, 0.15) is 11.6 Å². The summed E-state index contributed by atoms with van der Waals surface area (Å²) in [6.07, 6.45) is 1.50. The van der Waals surface area contributed by atoms with Crippen LogP contribution in [-0.4, -0.2) is 41.1 Å². The molecule has 1 aromatic carbocycles. The van der Waals surface area contributed by atoms with E-state index in [2.05, 4.69) is 10.5 Å². The summed E-state index contributed by atoms with van der Waals surface area (Å²) in [6.45, 7) is 5.93. The van der Waals surface area contributed by atoms with Gasteiger partial charge in [0, 0.05) is 29.9 Å². The Bertz CT molecular complexity index is 1030. The van der Waals surface area contributed by atoms with E-state index < -0.39 is 5.91 Å². The lowest BCUT2D eigenvalue weighted by atomic mass is 10.1. The third kappa shape index (κ3) is 4.93. The van der Waals surface area contributed by atoms with Gasteiger partial charge in [-0.2, -0.15) is 5.26 Å². The molecule has 1 N–H and O–H groups in total. The lowest BCUT2D eigenvalue weighted by molar-refractivity contribution is -0.129. The van der Waals surface area contributed by atoms with Gasteiger partial charge in [0.25, 0.3) is 5.91 Å². The fourth-order valence-corrected chi connectivity index (χ4v) is 3.16. The molecule has 1 heterocycles. The van der Waals surface area contributed by atoms with Crippen molar-refractivity contribution < 1.29 is 14.1 Å². The third-order valence-electron chi connectivity index (χ3n) is 4.48. The summed E-state index contributed by atoms with van der Waals surface area (Å²) in [5, 5.41) is 19.8. The number of carbonyl (C=O) groups is 2. The second kappa shape index (κ2) is 10.1. The molecule has 158 valence electrons. The highest BCUT2D eigenvalue weighted by Gasteiger charge is 2.25. The lowest BCUT2D eigenvalue weighted by Gasteiger charge is -2.31. The van der Waals surface area contributed by atoms with Crippen molar-refractivity contribution in [3.8, 4) is 17.4 Å². The minimum atomic E-state index is -0.620. The van der Waals surface area contributed by atoms with Crippen LogP contribution in [-0.2, 0) is 4.79 Å². The summed E-state index contributed by atoms with van der Waals surface area (Å²) in [6, 6.07) is 6.62. The van der Waals surface area contributed by atoms with Crippen molar-refractivity contribution in [3.05, 3.63) is 50.9 Å². The van der Waals surface area contributed by atoms with E-state index in [0.29, 0.717) is 28.5 Å². The maximum Gasteiger partial charge on any atom is 0.279 e. The molecule has 0 aliphatic carbocycles. The second-order valence-electron chi connectivity index (χ2n) is 6.43. The average molecular weight is 450 g/mol. The molecule has 30 heavy (non-hydrogen) atoms. The Balaban J connectivity index is 2.32. The molecule has 8 nitrogen and oxygen atoms in total. The molecule has 0 fully saturated rings. The van der Waals surface area contributed by atoms with E-state index in [1.165, 1.54) is 11.1 Å². The smallest absolute Gasteiger partial charge is 0.279 e. The highest BCUT2D eigenvalue weighted by molar-refractivity contribution is 6.36. The molecule has 0 bridgehead atoms. The van der Waals surface area contributed by atoms with Gasteiger partial charge in [-0.3, -0.25) is 19.6 Å². The molecule has 0 saturated heterocycles. The summed E-state index contributed by atoms with van der Waals surface area (Å²) in [5.41, 5.74) is 1.31. The van der Waals surface area contributed by atoms with E-state index in [0.717, 1.165) is 12.8 Å². The number of nitriles is 1. The summed E-state index contributed by atoms with van der Waals surface area (Å²) >= 11 is 12.1. The van der Waals surface area contributed by atoms with Gasteiger partial charge >= 0.3 is 0 Å². The number of nitrogens with one attached hydrogen (secondary N) is 1. The highest BCUT2D eigenvalue weighted by Crippen LogP contribution is 2.33. The summed E-state index contributed by atoms with van der Waals surface area (Å²) in [5.74, 6) is -0.542. The molecular weight excluding hydrogens is 429 g/mol. The molecule has 10 heteroatoms. The van der Waals surface area contributed by atoms with Crippen molar-refractivity contribution >= 4 is 35.5 Å². The Kier molecular flexibility index (Phi) is 7.86. The van der Waals surface area contributed by atoms with E-state index in [1.807, 2.05) is 13.0 Å². The Morgan fingerprint density at radius 3 is 2.63 bits per heavy atom. The first-order valence-corrected chi connectivity index (χ1v) is 9.80. The van der Waals surface area contributed by atoms with Crippen LogP contribution in [0.15, 0.2) is 34.1 Å². The number of hydrogen-bond donors (Lipinski definition) is 1. The van der Waals surface area contributed by atoms with Gasteiger partial charge in [-0.15, -0.1) is 0 Å². The van der Waals surface area contributed by atoms with Crippen LogP contribution in [0.3, 0.4) is 0 Å². The zero-order valence-electron chi connectivity index (χ0n) is 17.0. The molecule has 2 aromatic rings.